The van der Waals surface area contributed by atoms with Crippen molar-refractivity contribution in [1.82, 2.24) is 10.4 Å². The van der Waals surface area contributed by atoms with Gasteiger partial charge in [-0.15, -0.1) is 0 Å². The lowest BCUT2D eigenvalue weighted by molar-refractivity contribution is 0.325. The van der Waals surface area contributed by atoms with Crippen molar-refractivity contribution in [3.05, 3.63) is 59.8 Å². The van der Waals surface area contributed by atoms with E-state index in [0.717, 1.165) is 22.6 Å². The molecule has 0 amide bonds. The van der Waals surface area contributed by atoms with Gasteiger partial charge >= 0.3 is 0 Å². The van der Waals surface area contributed by atoms with Crippen LogP contribution in [0.15, 0.2) is 53.7 Å². The first-order valence-corrected chi connectivity index (χ1v) is 8.70. The topological polar surface area (TPSA) is 55.3 Å². The van der Waals surface area contributed by atoms with Crippen molar-refractivity contribution in [3.63, 3.8) is 0 Å². The molecule has 0 spiro atoms. The smallest absolute Gasteiger partial charge is 0.165 e. The Bertz CT molecular complexity index is 773. The van der Waals surface area contributed by atoms with E-state index in [1.54, 1.807) is 20.4 Å². The molecule has 0 unspecified atom stereocenters. The van der Waals surface area contributed by atoms with E-state index in [4.69, 9.17) is 14.2 Å². The third-order valence-corrected chi connectivity index (χ3v) is 4.03. The molecule has 0 aliphatic heterocycles. The Morgan fingerprint density at radius 2 is 1.89 bits per heavy atom. The molecule has 0 aliphatic carbocycles. The van der Waals surface area contributed by atoms with Crippen LogP contribution in [0.1, 0.15) is 18.1 Å². The van der Waals surface area contributed by atoms with E-state index < -0.39 is 0 Å². The fourth-order valence-electron chi connectivity index (χ4n) is 2.71. The van der Waals surface area contributed by atoms with Gasteiger partial charge in [-0.2, -0.15) is 0 Å². The predicted molar refractivity (Wildman–Crippen MR) is 109 cm³/mol. The summed E-state index contributed by atoms with van der Waals surface area (Å²) >= 11 is 0. The summed E-state index contributed by atoms with van der Waals surface area (Å²) in [5.74, 6) is 2.26. The van der Waals surface area contributed by atoms with Crippen LogP contribution in [0, 0.1) is 0 Å². The maximum absolute atomic E-state index is 5.50. The zero-order valence-corrected chi connectivity index (χ0v) is 16.4. The average Bonchev–Trinajstić information content (AvgIpc) is 2.70. The zero-order valence-electron chi connectivity index (χ0n) is 16.4. The van der Waals surface area contributed by atoms with Gasteiger partial charge in [-0.1, -0.05) is 12.1 Å². The number of hydrazine groups is 1. The van der Waals surface area contributed by atoms with Crippen LogP contribution in [-0.4, -0.2) is 39.6 Å². The highest BCUT2D eigenvalue weighted by atomic mass is 16.5. The lowest BCUT2D eigenvalue weighted by Gasteiger charge is -2.24. The van der Waals surface area contributed by atoms with Gasteiger partial charge in [0.15, 0.2) is 11.5 Å². The molecule has 0 bridgehead atoms. The van der Waals surface area contributed by atoms with Crippen molar-refractivity contribution >= 4 is 12.4 Å². The number of nitrogens with zero attached hydrogens (tertiary/aromatic N) is 2. The molecule has 0 saturated heterocycles. The molecule has 2 aromatic carbocycles. The highest BCUT2D eigenvalue weighted by molar-refractivity contribution is 5.64. The van der Waals surface area contributed by atoms with Crippen LogP contribution in [0.3, 0.4) is 0 Å². The standard InChI is InChI=1S/C21H27N3O3/c1-6-27-18-12-10-16(11-13-18)19(15-22-2)24(3)23-14-17-8-7-9-20(25-4)21(17)26-5/h7-13,15,23H,2,6,14H2,1,3-5H3/b19-15-. The lowest BCUT2D eigenvalue weighted by Crippen LogP contribution is -2.32. The summed E-state index contributed by atoms with van der Waals surface area (Å²) in [7, 11) is 5.20. The fourth-order valence-corrected chi connectivity index (χ4v) is 2.71. The zero-order chi connectivity index (χ0) is 19.6. The molecule has 27 heavy (non-hydrogen) atoms. The number of ether oxygens (including phenoxy) is 3. The number of hydrogen-bond acceptors (Lipinski definition) is 6. The van der Waals surface area contributed by atoms with Crippen LogP contribution in [-0.2, 0) is 6.54 Å². The van der Waals surface area contributed by atoms with E-state index in [2.05, 4.69) is 17.1 Å². The maximum Gasteiger partial charge on any atom is 0.165 e. The first-order chi connectivity index (χ1) is 13.1. The summed E-state index contributed by atoms with van der Waals surface area (Å²) in [6.07, 6.45) is 1.71. The summed E-state index contributed by atoms with van der Waals surface area (Å²) in [4.78, 5) is 3.94. The molecular weight excluding hydrogens is 342 g/mol. The summed E-state index contributed by atoms with van der Waals surface area (Å²) < 4.78 is 16.3. The summed E-state index contributed by atoms with van der Waals surface area (Å²) in [6.45, 7) is 6.74. The number of hydrogen-bond donors (Lipinski definition) is 1. The van der Waals surface area contributed by atoms with Crippen molar-refractivity contribution < 1.29 is 14.2 Å². The van der Waals surface area contributed by atoms with Gasteiger partial charge in [0.2, 0.25) is 0 Å². The van der Waals surface area contributed by atoms with Crippen molar-refractivity contribution in [2.45, 2.75) is 13.5 Å². The normalized spacial score (nSPS) is 11.0. The van der Waals surface area contributed by atoms with Gasteiger partial charge in [-0.3, -0.25) is 4.99 Å². The molecule has 0 atom stereocenters. The number of aliphatic imine (C=N–C) groups is 1. The van der Waals surface area contributed by atoms with Crippen LogP contribution in [0.4, 0.5) is 0 Å². The predicted octanol–water partition coefficient (Wildman–Crippen LogP) is 3.74. The SMILES string of the molecule is C=N/C=C(/c1ccc(OCC)cc1)N(C)NCc1cccc(OC)c1OC. The summed E-state index contributed by atoms with van der Waals surface area (Å²) in [5.41, 5.74) is 6.23. The molecule has 0 aromatic heterocycles. The first kappa shape index (κ1) is 20.3. The third kappa shape index (κ3) is 5.24. The quantitative estimate of drug-likeness (QED) is 0.511. The lowest BCUT2D eigenvalue weighted by atomic mass is 10.1. The summed E-state index contributed by atoms with van der Waals surface area (Å²) in [6, 6.07) is 13.7. The fraction of sp³-hybridized carbons (Fsp3) is 0.286. The molecule has 0 saturated carbocycles. The van der Waals surface area contributed by atoms with E-state index in [0.29, 0.717) is 24.7 Å². The maximum atomic E-state index is 5.50. The Morgan fingerprint density at radius 3 is 2.48 bits per heavy atom. The third-order valence-electron chi connectivity index (χ3n) is 4.03. The van der Waals surface area contributed by atoms with Gasteiger partial charge in [-0.05, 0) is 44.0 Å². The van der Waals surface area contributed by atoms with Crippen LogP contribution in [0.2, 0.25) is 0 Å². The molecule has 1 N–H and O–H groups in total. The monoisotopic (exact) mass is 369 g/mol. The van der Waals surface area contributed by atoms with Crippen LogP contribution < -0.4 is 19.6 Å². The molecule has 6 heteroatoms. The molecule has 0 fully saturated rings. The highest BCUT2D eigenvalue weighted by Gasteiger charge is 2.12. The van der Waals surface area contributed by atoms with Crippen molar-refractivity contribution in [3.8, 4) is 17.2 Å². The van der Waals surface area contributed by atoms with Gasteiger partial charge in [0.25, 0.3) is 0 Å². The molecule has 0 heterocycles. The van der Waals surface area contributed by atoms with Gasteiger partial charge in [0, 0.05) is 24.7 Å². The number of benzene rings is 2. The van der Waals surface area contributed by atoms with E-state index in [9.17, 15) is 0 Å². The molecule has 0 aliphatic rings. The van der Waals surface area contributed by atoms with E-state index >= 15 is 0 Å². The Labute approximate surface area is 161 Å². The van der Waals surface area contributed by atoms with E-state index in [1.807, 2.05) is 61.4 Å². The van der Waals surface area contributed by atoms with Gasteiger partial charge < -0.3 is 19.2 Å². The Morgan fingerprint density at radius 1 is 1.15 bits per heavy atom. The van der Waals surface area contributed by atoms with Gasteiger partial charge in [-0.25, -0.2) is 5.43 Å². The highest BCUT2D eigenvalue weighted by Crippen LogP contribution is 2.30. The van der Waals surface area contributed by atoms with Gasteiger partial charge in [0.1, 0.15) is 5.75 Å². The first-order valence-electron chi connectivity index (χ1n) is 8.70. The van der Waals surface area contributed by atoms with Crippen LogP contribution in [0.5, 0.6) is 17.2 Å². The van der Waals surface area contributed by atoms with Crippen molar-refractivity contribution in [2.24, 2.45) is 4.99 Å². The largest absolute Gasteiger partial charge is 0.494 e. The number of methoxy groups -OCH3 is 2. The van der Waals surface area contributed by atoms with Crippen LogP contribution in [0.25, 0.3) is 5.70 Å². The molecule has 0 radical (unpaired) electrons. The molecular formula is C21H27N3O3. The average molecular weight is 369 g/mol. The minimum absolute atomic E-state index is 0.558. The minimum Gasteiger partial charge on any atom is -0.494 e. The molecule has 6 nitrogen and oxygen atoms in total. The molecule has 144 valence electrons. The van der Waals surface area contributed by atoms with Gasteiger partial charge in [0.05, 0.1) is 32.7 Å². The number of rotatable bonds is 10. The Hall–Kier alpha value is -2.99. The number of para-hydroxylation sites is 1. The molecule has 2 aromatic rings. The molecule has 2 rings (SSSR count). The van der Waals surface area contributed by atoms with Crippen molar-refractivity contribution in [2.75, 3.05) is 27.9 Å². The second-order valence-corrected chi connectivity index (χ2v) is 5.70. The van der Waals surface area contributed by atoms with E-state index in [-0.39, 0.29) is 0 Å². The second-order valence-electron chi connectivity index (χ2n) is 5.70. The van der Waals surface area contributed by atoms with Crippen LogP contribution >= 0.6 is 0 Å². The second kappa shape index (κ2) is 10.2. The number of nitrogens with one attached hydrogen (secondary N) is 1. The Balaban J connectivity index is 2.15. The van der Waals surface area contributed by atoms with E-state index in [1.165, 1.54) is 0 Å². The minimum atomic E-state index is 0.558. The Kier molecular flexibility index (Phi) is 7.70. The summed E-state index contributed by atoms with van der Waals surface area (Å²) in [5, 5.41) is 1.91. The van der Waals surface area contributed by atoms with Crippen molar-refractivity contribution in [1.29, 1.82) is 0 Å².